The second kappa shape index (κ2) is 8.00. The van der Waals surface area contributed by atoms with E-state index in [1.165, 1.54) is 11.8 Å². The molecule has 8 heteroatoms. The van der Waals surface area contributed by atoms with Crippen LogP contribution in [0.1, 0.15) is 11.8 Å². The van der Waals surface area contributed by atoms with Crippen LogP contribution < -0.4 is 10.1 Å². The molecular weight excluding hydrogens is 396 g/mol. The minimum absolute atomic E-state index is 0.430. The topological polar surface area (TPSA) is 88.6 Å². The van der Waals surface area contributed by atoms with Gasteiger partial charge in [-0.05, 0) is 6.07 Å². The molecule has 1 atom stereocenters. The minimum Gasteiger partial charge on any atom is -0.448 e. The number of hydrogen-bond donors (Lipinski definition) is 2. The molecule has 0 saturated carbocycles. The quantitative estimate of drug-likeness (QED) is 0.361. The number of nitrogens with zero attached hydrogens (tertiary/aromatic N) is 4. The third-order valence-electron chi connectivity index (χ3n) is 4.68. The zero-order chi connectivity index (χ0) is 20.3. The zero-order valence-electron chi connectivity index (χ0n) is 15.9. The van der Waals surface area contributed by atoms with Gasteiger partial charge < -0.3 is 10.1 Å². The lowest BCUT2D eigenvalue weighted by molar-refractivity contribution is 0.226. The minimum atomic E-state index is -0.504. The van der Waals surface area contributed by atoms with Gasteiger partial charge in [0, 0.05) is 22.6 Å². The predicted molar refractivity (Wildman–Crippen MR) is 117 cm³/mol. The number of thioether (sulfide) groups is 1. The first kappa shape index (κ1) is 18.4. The normalized spacial score (nSPS) is 14.6. The summed E-state index contributed by atoms with van der Waals surface area (Å²) in [6.07, 6.45) is 3.07. The van der Waals surface area contributed by atoms with Gasteiger partial charge in [-0.2, -0.15) is 10.1 Å². The maximum atomic E-state index is 6.34. The summed E-state index contributed by atoms with van der Waals surface area (Å²) < 4.78 is 6.34. The average molecular weight is 414 g/mol. The molecular formula is C22H18N6OS. The summed E-state index contributed by atoms with van der Waals surface area (Å²) >= 11 is 1.46. The average Bonchev–Trinajstić information content (AvgIpc) is 3.22. The molecule has 30 heavy (non-hydrogen) atoms. The highest BCUT2D eigenvalue weighted by atomic mass is 32.2. The number of anilines is 1. The Hall–Kier alpha value is -3.65. The standard InChI is InChI=1S/C22H18N6OS/c1-2-12-30-22-25-21-19(27-28-22)15-10-6-7-11-17(15)24-20(29-21)16-13-23-26-18(16)14-8-4-3-5-9-14/h2-11,13,20,24H,1,12H2,(H,23,26)/t20-/m0/s1. The van der Waals surface area contributed by atoms with Crippen molar-refractivity contribution in [1.29, 1.82) is 0 Å². The maximum Gasteiger partial charge on any atom is 0.247 e. The second-order valence-corrected chi connectivity index (χ2v) is 7.59. The summed E-state index contributed by atoms with van der Waals surface area (Å²) in [7, 11) is 0. The lowest BCUT2D eigenvalue weighted by Crippen LogP contribution is -2.17. The van der Waals surface area contributed by atoms with E-state index in [1.54, 1.807) is 12.3 Å². The lowest BCUT2D eigenvalue weighted by atomic mass is 10.1. The van der Waals surface area contributed by atoms with Crippen LogP contribution in [0.5, 0.6) is 5.88 Å². The lowest BCUT2D eigenvalue weighted by Gasteiger charge is -2.19. The van der Waals surface area contributed by atoms with Crippen molar-refractivity contribution in [2.45, 2.75) is 11.4 Å². The molecule has 0 unspecified atom stereocenters. The Labute approximate surface area is 177 Å². The molecule has 148 valence electrons. The SMILES string of the molecule is C=CCSc1nnc2c(n1)O[C@@H](c1cn[nH]c1-c1ccccc1)Nc1ccccc1-2. The van der Waals surface area contributed by atoms with Crippen molar-refractivity contribution >= 4 is 17.4 Å². The van der Waals surface area contributed by atoms with Gasteiger partial charge in [0.15, 0.2) is 5.69 Å². The monoisotopic (exact) mass is 414 g/mol. The number of hydrogen-bond acceptors (Lipinski definition) is 7. The van der Waals surface area contributed by atoms with Gasteiger partial charge in [0.1, 0.15) is 0 Å². The number of fused-ring (bicyclic) bond motifs is 3. The second-order valence-electron chi connectivity index (χ2n) is 6.60. The van der Waals surface area contributed by atoms with Crippen LogP contribution in [0.2, 0.25) is 0 Å². The van der Waals surface area contributed by atoms with E-state index in [-0.39, 0.29) is 0 Å². The van der Waals surface area contributed by atoms with Gasteiger partial charge >= 0.3 is 0 Å². The summed E-state index contributed by atoms with van der Waals surface area (Å²) in [5.41, 5.74) is 5.17. The third-order valence-corrected chi connectivity index (χ3v) is 5.51. The molecule has 5 rings (SSSR count). The molecule has 1 aliphatic heterocycles. The Kier molecular flexibility index (Phi) is 4.90. The van der Waals surface area contributed by atoms with Gasteiger partial charge in [-0.1, -0.05) is 66.4 Å². The molecule has 0 amide bonds. The van der Waals surface area contributed by atoms with Gasteiger partial charge in [-0.25, -0.2) is 0 Å². The van der Waals surface area contributed by atoms with Gasteiger partial charge in [0.25, 0.3) is 0 Å². The first-order valence-corrected chi connectivity index (χ1v) is 10.4. The molecule has 2 aromatic carbocycles. The van der Waals surface area contributed by atoms with Crippen molar-refractivity contribution in [3.05, 3.63) is 79.0 Å². The van der Waals surface area contributed by atoms with Crippen molar-refractivity contribution in [3.63, 3.8) is 0 Å². The summed E-state index contributed by atoms with van der Waals surface area (Å²) in [6.45, 7) is 3.74. The van der Waals surface area contributed by atoms with E-state index in [1.807, 2.05) is 54.6 Å². The van der Waals surface area contributed by atoms with Crippen LogP contribution in [0.15, 0.2) is 78.6 Å². The Balaban J connectivity index is 1.60. The van der Waals surface area contributed by atoms with Crippen LogP contribution in [-0.4, -0.2) is 31.1 Å². The molecule has 2 aromatic heterocycles. The molecule has 2 N–H and O–H groups in total. The molecule has 3 heterocycles. The maximum absolute atomic E-state index is 6.34. The fourth-order valence-corrected chi connectivity index (χ4v) is 3.83. The molecule has 4 aromatic rings. The fourth-order valence-electron chi connectivity index (χ4n) is 3.31. The Morgan fingerprint density at radius 3 is 2.77 bits per heavy atom. The number of ether oxygens (including phenoxy) is 1. The van der Waals surface area contributed by atoms with Crippen LogP contribution in [0.25, 0.3) is 22.5 Å². The number of H-pyrrole nitrogens is 1. The van der Waals surface area contributed by atoms with E-state index in [9.17, 15) is 0 Å². The number of benzene rings is 2. The molecule has 0 aliphatic carbocycles. The van der Waals surface area contributed by atoms with E-state index < -0.39 is 6.23 Å². The van der Waals surface area contributed by atoms with Gasteiger partial charge in [0.05, 0.1) is 17.5 Å². The van der Waals surface area contributed by atoms with Gasteiger partial charge in [-0.15, -0.1) is 16.8 Å². The van der Waals surface area contributed by atoms with Crippen LogP contribution in [0.4, 0.5) is 5.69 Å². The number of aromatic nitrogens is 5. The third kappa shape index (κ3) is 3.42. The van der Waals surface area contributed by atoms with Crippen molar-refractivity contribution in [3.8, 4) is 28.4 Å². The van der Waals surface area contributed by atoms with Crippen molar-refractivity contribution in [1.82, 2.24) is 25.4 Å². The van der Waals surface area contributed by atoms with E-state index in [0.29, 0.717) is 22.5 Å². The summed E-state index contributed by atoms with van der Waals surface area (Å²) in [4.78, 5) is 4.62. The molecule has 0 radical (unpaired) electrons. The van der Waals surface area contributed by atoms with Crippen molar-refractivity contribution in [2.24, 2.45) is 0 Å². The van der Waals surface area contributed by atoms with Crippen LogP contribution >= 0.6 is 11.8 Å². The summed E-state index contributed by atoms with van der Waals surface area (Å²) in [5, 5.41) is 20.0. The largest absolute Gasteiger partial charge is 0.448 e. The predicted octanol–water partition coefficient (Wildman–Crippen LogP) is 4.71. The van der Waals surface area contributed by atoms with E-state index in [4.69, 9.17) is 4.74 Å². The molecule has 0 spiro atoms. The number of nitrogens with one attached hydrogen (secondary N) is 2. The number of rotatable bonds is 5. The molecule has 7 nitrogen and oxygen atoms in total. The first-order chi connectivity index (χ1) is 14.8. The Morgan fingerprint density at radius 1 is 1.07 bits per heavy atom. The van der Waals surface area contributed by atoms with Gasteiger partial charge in [0.2, 0.25) is 17.3 Å². The number of para-hydroxylation sites is 1. The van der Waals surface area contributed by atoms with E-state index in [0.717, 1.165) is 28.1 Å². The van der Waals surface area contributed by atoms with Crippen molar-refractivity contribution in [2.75, 3.05) is 11.1 Å². The zero-order valence-corrected chi connectivity index (χ0v) is 16.8. The highest BCUT2D eigenvalue weighted by Crippen LogP contribution is 2.40. The fraction of sp³-hybridized carbons (Fsp3) is 0.0909. The van der Waals surface area contributed by atoms with Gasteiger partial charge in [-0.3, -0.25) is 5.10 Å². The number of aromatic amines is 1. The van der Waals surface area contributed by atoms with E-state index >= 15 is 0 Å². The van der Waals surface area contributed by atoms with Crippen LogP contribution in [-0.2, 0) is 0 Å². The van der Waals surface area contributed by atoms with E-state index in [2.05, 4.69) is 37.3 Å². The smallest absolute Gasteiger partial charge is 0.247 e. The van der Waals surface area contributed by atoms with Crippen LogP contribution in [0, 0.1) is 0 Å². The highest BCUT2D eigenvalue weighted by Gasteiger charge is 2.28. The molecule has 0 bridgehead atoms. The Bertz CT molecular complexity index is 1190. The molecule has 0 fully saturated rings. The summed E-state index contributed by atoms with van der Waals surface area (Å²) in [6, 6.07) is 17.9. The molecule has 1 aliphatic rings. The Morgan fingerprint density at radius 2 is 1.90 bits per heavy atom. The first-order valence-electron chi connectivity index (χ1n) is 9.43. The van der Waals surface area contributed by atoms with Crippen LogP contribution in [0.3, 0.4) is 0 Å². The molecule has 0 saturated heterocycles. The summed E-state index contributed by atoms with van der Waals surface area (Å²) in [5.74, 6) is 1.12. The highest BCUT2D eigenvalue weighted by molar-refractivity contribution is 7.99. The van der Waals surface area contributed by atoms with Crippen molar-refractivity contribution < 1.29 is 4.74 Å².